The fourth-order valence-corrected chi connectivity index (χ4v) is 1.91. The predicted molar refractivity (Wildman–Crippen MR) is 75.0 cm³/mol. The first kappa shape index (κ1) is 14.7. The summed E-state index contributed by atoms with van der Waals surface area (Å²) in [5.41, 5.74) is 1.55. The fourth-order valence-electron chi connectivity index (χ4n) is 1.79. The zero-order valence-electron chi connectivity index (χ0n) is 10.8. The lowest BCUT2D eigenvalue weighted by Crippen LogP contribution is -2.07. The lowest BCUT2D eigenvalue weighted by Gasteiger charge is -2.13. The monoisotopic (exact) mass is 299 g/mol. The van der Waals surface area contributed by atoms with Crippen LogP contribution in [0.4, 0.5) is 18.9 Å². The van der Waals surface area contributed by atoms with Gasteiger partial charge in [-0.05, 0) is 42.3 Å². The smallest absolute Gasteiger partial charge is 0.381 e. The third-order valence-corrected chi connectivity index (χ3v) is 3.21. The molecule has 2 aromatic carbocycles. The van der Waals surface area contributed by atoms with Gasteiger partial charge in [0.2, 0.25) is 0 Å². The molecule has 0 atom stereocenters. The van der Waals surface area contributed by atoms with Gasteiger partial charge in [0, 0.05) is 17.3 Å². The van der Waals surface area contributed by atoms with Crippen molar-refractivity contribution in [3.05, 3.63) is 64.2 Å². The van der Waals surface area contributed by atoms with Gasteiger partial charge in [-0.25, -0.2) is 0 Å². The number of benzene rings is 2. The van der Waals surface area contributed by atoms with Crippen molar-refractivity contribution in [2.45, 2.75) is 19.6 Å². The minimum absolute atomic E-state index is 0.444. The van der Waals surface area contributed by atoms with Gasteiger partial charge in [0.15, 0.2) is 0 Å². The van der Waals surface area contributed by atoms with E-state index in [-0.39, 0.29) is 0 Å². The molecule has 1 N–H and O–H groups in total. The van der Waals surface area contributed by atoms with E-state index in [1.807, 2.05) is 12.1 Å². The molecule has 0 saturated heterocycles. The molecular weight excluding hydrogens is 287 g/mol. The Morgan fingerprint density at radius 3 is 2.30 bits per heavy atom. The Hall–Kier alpha value is -1.68. The molecular formula is C15H13ClF3N. The second-order valence-electron chi connectivity index (χ2n) is 4.51. The number of rotatable bonds is 3. The van der Waals surface area contributed by atoms with E-state index in [2.05, 4.69) is 5.32 Å². The maximum absolute atomic E-state index is 12.7. The number of halogens is 4. The van der Waals surface area contributed by atoms with Crippen LogP contribution in [0.3, 0.4) is 0 Å². The summed E-state index contributed by atoms with van der Waals surface area (Å²) in [7, 11) is 0. The zero-order valence-corrected chi connectivity index (χ0v) is 11.5. The minimum atomic E-state index is -4.33. The Kier molecular flexibility index (Phi) is 4.23. The van der Waals surface area contributed by atoms with Crippen LogP contribution in [0, 0.1) is 6.92 Å². The molecule has 0 radical (unpaired) electrons. The molecule has 0 aliphatic rings. The van der Waals surface area contributed by atoms with Gasteiger partial charge in [-0.1, -0.05) is 29.8 Å². The van der Waals surface area contributed by atoms with Crippen molar-refractivity contribution in [1.82, 2.24) is 0 Å². The first-order valence-electron chi connectivity index (χ1n) is 6.02. The van der Waals surface area contributed by atoms with Crippen LogP contribution >= 0.6 is 11.6 Å². The number of aryl methyl sites for hydroxylation is 1. The highest BCUT2D eigenvalue weighted by Gasteiger charge is 2.30. The van der Waals surface area contributed by atoms with E-state index in [4.69, 9.17) is 11.6 Å². The SMILES string of the molecule is Cc1ccc(C(F)(F)F)cc1NCc1ccc(Cl)cc1. The Balaban J connectivity index is 2.14. The van der Waals surface area contributed by atoms with Crippen LogP contribution in [0.15, 0.2) is 42.5 Å². The summed E-state index contributed by atoms with van der Waals surface area (Å²) < 4.78 is 38.0. The molecule has 0 unspecified atom stereocenters. The molecule has 106 valence electrons. The highest BCUT2D eigenvalue weighted by atomic mass is 35.5. The van der Waals surface area contributed by atoms with Crippen molar-refractivity contribution in [3.63, 3.8) is 0 Å². The normalized spacial score (nSPS) is 11.4. The van der Waals surface area contributed by atoms with Crippen LogP contribution in [-0.4, -0.2) is 0 Å². The number of alkyl halides is 3. The third kappa shape index (κ3) is 3.67. The standard InChI is InChI=1S/C15H13ClF3N/c1-10-2-5-12(15(17,18)19)8-14(10)20-9-11-3-6-13(16)7-4-11/h2-8,20H,9H2,1H3. The highest BCUT2D eigenvalue weighted by Crippen LogP contribution is 2.32. The number of hydrogen-bond donors (Lipinski definition) is 1. The molecule has 2 aromatic rings. The zero-order chi connectivity index (χ0) is 14.8. The Morgan fingerprint density at radius 1 is 1.05 bits per heavy atom. The Labute approximate surface area is 120 Å². The molecule has 0 aromatic heterocycles. The maximum Gasteiger partial charge on any atom is 0.416 e. The largest absolute Gasteiger partial charge is 0.416 e. The average molecular weight is 300 g/mol. The van der Waals surface area contributed by atoms with Crippen LogP contribution in [0.1, 0.15) is 16.7 Å². The van der Waals surface area contributed by atoms with Crippen molar-refractivity contribution in [3.8, 4) is 0 Å². The second kappa shape index (κ2) is 5.75. The van der Waals surface area contributed by atoms with Gasteiger partial charge in [0.1, 0.15) is 0 Å². The van der Waals surface area contributed by atoms with Crippen molar-refractivity contribution in [1.29, 1.82) is 0 Å². The maximum atomic E-state index is 12.7. The van der Waals surface area contributed by atoms with Gasteiger partial charge < -0.3 is 5.32 Å². The van der Waals surface area contributed by atoms with E-state index in [0.717, 1.165) is 23.3 Å². The quantitative estimate of drug-likeness (QED) is 0.813. The van der Waals surface area contributed by atoms with E-state index in [9.17, 15) is 13.2 Å². The third-order valence-electron chi connectivity index (χ3n) is 2.96. The Morgan fingerprint density at radius 2 is 1.70 bits per heavy atom. The summed E-state index contributed by atoms with van der Waals surface area (Å²) in [6.45, 7) is 2.21. The van der Waals surface area contributed by atoms with Gasteiger partial charge in [0.05, 0.1) is 5.56 Å². The number of nitrogens with one attached hydrogen (secondary N) is 1. The van der Waals surface area contributed by atoms with E-state index in [1.165, 1.54) is 6.07 Å². The van der Waals surface area contributed by atoms with Gasteiger partial charge in [0.25, 0.3) is 0 Å². The number of hydrogen-bond acceptors (Lipinski definition) is 1. The van der Waals surface area contributed by atoms with Crippen molar-refractivity contribution >= 4 is 17.3 Å². The van der Waals surface area contributed by atoms with Gasteiger partial charge in [-0.3, -0.25) is 0 Å². The summed E-state index contributed by atoms with van der Waals surface area (Å²) >= 11 is 5.78. The molecule has 0 aliphatic carbocycles. The summed E-state index contributed by atoms with van der Waals surface area (Å²) in [4.78, 5) is 0. The molecule has 0 bridgehead atoms. The fraction of sp³-hybridized carbons (Fsp3) is 0.200. The molecule has 0 fully saturated rings. The van der Waals surface area contributed by atoms with E-state index in [1.54, 1.807) is 19.1 Å². The Bertz CT molecular complexity index is 591. The first-order chi connectivity index (χ1) is 9.36. The highest BCUT2D eigenvalue weighted by molar-refractivity contribution is 6.30. The van der Waals surface area contributed by atoms with Crippen molar-refractivity contribution < 1.29 is 13.2 Å². The van der Waals surface area contributed by atoms with Crippen LogP contribution in [0.5, 0.6) is 0 Å². The first-order valence-corrected chi connectivity index (χ1v) is 6.40. The van der Waals surface area contributed by atoms with E-state index < -0.39 is 11.7 Å². The molecule has 0 saturated carbocycles. The molecule has 0 amide bonds. The molecule has 1 nitrogen and oxygen atoms in total. The van der Waals surface area contributed by atoms with Gasteiger partial charge in [-0.15, -0.1) is 0 Å². The van der Waals surface area contributed by atoms with Crippen molar-refractivity contribution in [2.24, 2.45) is 0 Å². The summed E-state index contributed by atoms with van der Waals surface area (Å²) in [5, 5.41) is 3.65. The molecule has 0 aliphatic heterocycles. The van der Waals surface area contributed by atoms with E-state index in [0.29, 0.717) is 17.3 Å². The summed E-state index contributed by atoms with van der Waals surface area (Å²) in [6, 6.07) is 10.8. The predicted octanol–water partition coefficient (Wildman–Crippen LogP) is 5.28. The van der Waals surface area contributed by atoms with Gasteiger partial charge in [-0.2, -0.15) is 13.2 Å². The molecule has 0 spiro atoms. The second-order valence-corrected chi connectivity index (χ2v) is 4.94. The summed E-state index contributed by atoms with van der Waals surface area (Å²) in [5.74, 6) is 0. The van der Waals surface area contributed by atoms with Crippen LogP contribution in [0.2, 0.25) is 5.02 Å². The molecule has 0 heterocycles. The number of anilines is 1. The molecule has 5 heteroatoms. The molecule has 20 heavy (non-hydrogen) atoms. The average Bonchev–Trinajstić information content (AvgIpc) is 2.38. The van der Waals surface area contributed by atoms with Crippen molar-refractivity contribution in [2.75, 3.05) is 5.32 Å². The lowest BCUT2D eigenvalue weighted by molar-refractivity contribution is -0.137. The summed E-state index contributed by atoms with van der Waals surface area (Å²) in [6.07, 6.45) is -4.33. The van der Waals surface area contributed by atoms with E-state index >= 15 is 0 Å². The topological polar surface area (TPSA) is 12.0 Å². The van der Waals surface area contributed by atoms with Gasteiger partial charge >= 0.3 is 6.18 Å². The van der Waals surface area contributed by atoms with Crippen LogP contribution in [0.25, 0.3) is 0 Å². The van der Waals surface area contributed by atoms with Crippen LogP contribution in [-0.2, 0) is 12.7 Å². The lowest BCUT2D eigenvalue weighted by atomic mass is 10.1. The minimum Gasteiger partial charge on any atom is -0.381 e. The van der Waals surface area contributed by atoms with Crippen LogP contribution < -0.4 is 5.32 Å². The molecule has 2 rings (SSSR count).